The van der Waals surface area contributed by atoms with Crippen LogP contribution in [0, 0.1) is 5.82 Å². The largest absolute Gasteiger partial charge is 0.534 e. The third-order valence-electron chi connectivity index (χ3n) is 4.04. The molecule has 0 amide bonds. The van der Waals surface area contributed by atoms with Crippen LogP contribution in [0.2, 0.25) is 0 Å². The molecule has 1 saturated heterocycles. The quantitative estimate of drug-likeness (QED) is 0.452. The fraction of sp³-hybridized carbons (Fsp3) is 0.600. The third kappa shape index (κ3) is 4.18. The van der Waals surface area contributed by atoms with E-state index in [1.54, 1.807) is 0 Å². The minimum absolute atomic E-state index is 0.171. The summed E-state index contributed by atoms with van der Waals surface area (Å²) in [4.78, 5) is 2.24. The van der Waals surface area contributed by atoms with Gasteiger partial charge in [-0.2, -0.15) is 21.6 Å². The van der Waals surface area contributed by atoms with Crippen LogP contribution >= 0.6 is 0 Å². The molecule has 9 heteroatoms. The number of halogens is 4. The lowest BCUT2D eigenvalue weighted by Crippen LogP contribution is -2.33. The molecule has 1 fully saturated rings. The summed E-state index contributed by atoms with van der Waals surface area (Å²) in [5.41, 5.74) is -5.40. The molecule has 0 saturated carbocycles. The molecule has 1 aromatic carbocycles. The van der Waals surface area contributed by atoms with Gasteiger partial charge in [0, 0.05) is 0 Å². The Labute approximate surface area is 138 Å². The van der Waals surface area contributed by atoms with Crippen LogP contribution in [0.3, 0.4) is 0 Å². The predicted molar refractivity (Wildman–Crippen MR) is 80.7 cm³/mol. The second-order valence-corrected chi connectivity index (χ2v) is 7.30. The Hall–Kier alpha value is -1.35. The molecule has 1 heterocycles. The van der Waals surface area contributed by atoms with Crippen LogP contribution in [0.4, 0.5) is 17.6 Å². The Balaban J connectivity index is 2.17. The number of piperidine rings is 1. The van der Waals surface area contributed by atoms with Crippen molar-refractivity contribution in [1.82, 2.24) is 4.90 Å². The van der Waals surface area contributed by atoms with E-state index < -0.39 is 27.2 Å². The van der Waals surface area contributed by atoms with Gasteiger partial charge in [-0.25, -0.2) is 4.39 Å². The first-order valence-corrected chi connectivity index (χ1v) is 9.08. The standard InChI is InChI=1S/C15H19F4NO3S/c1-2-8-20-9-6-11(7-10-20)12-4-3-5-13(14(12)16)23-24(21,22)15(17,18)19/h3-5,11H,2,6-10H2,1H3. The maximum atomic E-state index is 14.5. The normalized spacial score (nSPS) is 17.9. The van der Waals surface area contributed by atoms with Crippen molar-refractivity contribution >= 4 is 10.1 Å². The molecule has 1 aliphatic rings. The maximum absolute atomic E-state index is 14.5. The Morgan fingerprint density at radius 1 is 1.25 bits per heavy atom. The number of nitrogens with zero attached hydrogens (tertiary/aromatic N) is 1. The molecule has 0 radical (unpaired) electrons. The van der Waals surface area contributed by atoms with E-state index in [1.807, 2.05) is 0 Å². The van der Waals surface area contributed by atoms with Crippen molar-refractivity contribution in [2.45, 2.75) is 37.6 Å². The topological polar surface area (TPSA) is 46.6 Å². The molecular weight excluding hydrogens is 350 g/mol. The van der Waals surface area contributed by atoms with Crippen molar-refractivity contribution < 1.29 is 30.2 Å². The van der Waals surface area contributed by atoms with Crippen molar-refractivity contribution in [2.75, 3.05) is 19.6 Å². The SMILES string of the molecule is CCCN1CCC(c2cccc(OS(=O)(=O)C(F)(F)F)c2F)CC1. The summed E-state index contributed by atoms with van der Waals surface area (Å²) in [6, 6.07) is 3.65. The predicted octanol–water partition coefficient (Wildman–Crippen LogP) is 3.64. The monoisotopic (exact) mass is 369 g/mol. The van der Waals surface area contributed by atoms with Gasteiger partial charge in [-0.05, 0) is 56.4 Å². The zero-order valence-corrected chi connectivity index (χ0v) is 14.0. The van der Waals surface area contributed by atoms with E-state index in [1.165, 1.54) is 12.1 Å². The molecule has 0 spiro atoms. The van der Waals surface area contributed by atoms with E-state index in [2.05, 4.69) is 16.0 Å². The maximum Gasteiger partial charge on any atom is 0.534 e. The van der Waals surface area contributed by atoms with Gasteiger partial charge in [-0.15, -0.1) is 0 Å². The van der Waals surface area contributed by atoms with Crippen LogP contribution in [0.25, 0.3) is 0 Å². The van der Waals surface area contributed by atoms with Crippen LogP contribution in [-0.4, -0.2) is 38.5 Å². The molecule has 0 N–H and O–H groups in total. The Bertz CT molecular complexity index is 668. The molecule has 24 heavy (non-hydrogen) atoms. The smallest absolute Gasteiger partial charge is 0.373 e. The third-order valence-corrected chi connectivity index (χ3v) is 5.01. The summed E-state index contributed by atoms with van der Waals surface area (Å²) in [5.74, 6) is -2.13. The minimum atomic E-state index is -5.89. The summed E-state index contributed by atoms with van der Waals surface area (Å²) >= 11 is 0. The van der Waals surface area contributed by atoms with E-state index in [4.69, 9.17) is 0 Å². The Morgan fingerprint density at radius 2 is 1.88 bits per heavy atom. The number of likely N-dealkylation sites (tertiary alicyclic amines) is 1. The first-order chi connectivity index (χ1) is 11.2. The van der Waals surface area contributed by atoms with Gasteiger partial charge in [0.05, 0.1) is 0 Å². The minimum Gasteiger partial charge on any atom is -0.373 e. The lowest BCUT2D eigenvalue weighted by atomic mass is 9.89. The summed E-state index contributed by atoms with van der Waals surface area (Å²) in [5, 5.41) is 0. The summed E-state index contributed by atoms with van der Waals surface area (Å²) < 4.78 is 77.7. The summed E-state index contributed by atoms with van der Waals surface area (Å²) in [6.45, 7) is 4.55. The lowest BCUT2D eigenvalue weighted by molar-refractivity contribution is -0.0501. The lowest BCUT2D eigenvalue weighted by Gasteiger charge is -2.32. The average Bonchev–Trinajstić information content (AvgIpc) is 2.49. The molecule has 136 valence electrons. The van der Waals surface area contributed by atoms with Gasteiger partial charge in [0.2, 0.25) is 0 Å². The van der Waals surface area contributed by atoms with Crippen molar-refractivity contribution in [3.8, 4) is 5.75 Å². The summed E-state index contributed by atoms with van der Waals surface area (Å²) in [7, 11) is -5.89. The van der Waals surface area contributed by atoms with Crippen LogP contribution in [0.5, 0.6) is 5.75 Å². The first kappa shape index (κ1) is 19.0. The van der Waals surface area contributed by atoms with Crippen molar-refractivity contribution in [3.63, 3.8) is 0 Å². The average molecular weight is 369 g/mol. The van der Waals surface area contributed by atoms with Crippen LogP contribution in [0.15, 0.2) is 18.2 Å². The highest BCUT2D eigenvalue weighted by Crippen LogP contribution is 2.35. The van der Waals surface area contributed by atoms with E-state index in [9.17, 15) is 26.0 Å². The highest BCUT2D eigenvalue weighted by atomic mass is 32.2. The first-order valence-electron chi connectivity index (χ1n) is 7.67. The Kier molecular flexibility index (Phi) is 5.74. The van der Waals surface area contributed by atoms with E-state index in [0.717, 1.165) is 32.1 Å². The molecule has 4 nitrogen and oxygen atoms in total. The number of hydrogen-bond acceptors (Lipinski definition) is 4. The zero-order valence-electron chi connectivity index (χ0n) is 13.1. The molecule has 0 aliphatic carbocycles. The fourth-order valence-electron chi connectivity index (χ4n) is 2.86. The fourth-order valence-corrected chi connectivity index (χ4v) is 3.32. The number of rotatable bonds is 5. The zero-order chi connectivity index (χ0) is 18.0. The van der Waals surface area contributed by atoms with Crippen molar-refractivity contribution in [3.05, 3.63) is 29.6 Å². The van der Waals surface area contributed by atoms with Crippen molar-refractivity contribution in [1.29, 1.82) is 0 Å². The van der Waals surface area contributed by atoms with Crippen LogP contribution in [-0.2, 0) is 10.1 Å². The van der Waals surface area contributed by atoms with E-state index >= 15 is 0 Å². The molecule has 1 aliphatic heterocycles. The van der Waals surface area contributed by atoms with Gasteiger partial charge >= 0.3 is 15.6 Å². The van der Waals surface area contributed by atoms with Gasteiger partial charge in [0.15, 0.2) is 11.6 Å². The molecule has 0 unspecified atom stereocenters. The highest BCUT2D eigenvalue weighted by Gasteiger charge is 2.49. The van der Waals surface area contributed by atoms with E-state index in [-0.39, 0.29) is 11.5 Å². The summed E-state index contributed by atoms with van der Waals surface area (Å²) in [6.07, 6.45) is 2.33. The molecular formula is C15H19F4NO3S. The van der Waals surface area contributed by atoms with Crippen LogP contribution in [0.1, 0.15) is 37.7 Å². The highest BCUT2D eigenvalue weighted by molar-refractivity contribution is 7.88. The van der Waals surface area contributed by atoms with Gasteiger partial charge in [-0.1, -0.05) is 19.1 Å². The van der Waals surface area contributed by atoms with Gasteiger partial charge in [0.25, 0.3) is 0 Å². The number of benzene rings is 1. The Morgan fingerprint density at radius 3 is 2.42 bits per heavy atom. The second-order valence-electron chi connectivity index (χ2n) is 5.76. The molecule has 0 atom stereocenters. The molecule has 1 aromatic rings. The molecule has 0 aromatic heterocycles. The molecule has 0 bridgehead atoms. The number of alkyl halides is 3. The van der Waals surface area contributed by atoms with Gasteiger partial charge in [-0.3, -0.25) is 0 Å². The second kappa shape index (κ2) is 7.26. The van der Waals surface area contributed by atoms with Gasteiger partial charge < -0.3 is 9.08 Å². The van der Waals surface area contributed by atoms with E-state index in [0.29, 0.717) is 12.8 Å². The molecule has 2 rings (SSSR count). The number of hydrogen-bond donors (Lipinski definition) is 0. The van der Waals surface area contributed by atoms with Gasteiger partial charge in [0.1, 0.15) is 0 Å². The van der Waals surface area contributed by atoms with Crippen molar-refractivity contribution in [2.24, 2.45) is 0 Å². The van der Waals surface area contributed by atoms with Crippen LogP contribution < -0.4 is 4.18 Å².